The molecule has 0 heterocycles. The second kappa shape index (κ2) is 7.54. The predicted octanol–water partition coefficient (Wildman–Crippen LogP) is 0.570. The van der Waals surface area contributed by atoms with Crippen LogP contribution in [-0.4, -0.2) is 33.9 Å². The molecule has 0 spiro atoms. The molecular formula is C16H26N2O3. The number of aliphatic hydroxyl groups is 2. The molecule has 21 heavy (non-hydrogen) atoms. The minimum absolute atomic E-state index is 0.160. The highest BCUT2D eigenvalue weighted by molar-refractivity contribution is 5.76. The topological polar surface area (TPSA) is 110 Å². The SMILES string of the molecule is CC(C)(O)CC(CC(O)C(N)Cc1ccccc1)C(N)=O. The minimum Gasteiger partial charge on any atom is -0.391 e. The first-order valence-corrected chi connectivity index (χ1v) is 7.18. The zero-order chi connectivity index (χ0) is 16.0. The summed E-state index contributed by atoms with van der Waals surface area (Å²) in [6.45, 7) is 3.22. The van der Waals surface area contributed by atoms with E-state index >= 15 is 0 Å². The Kier molecular flexibility index (Phi) is 6.33. The molecule has 0 aliphatic rings. The van der Waals surface area contributed by atoms with E-state index in [-0.39, 0.29) is 12.8 Å². The lowest BCUT2D eigenvalue weighted by atomic mass is 9.86. The molecule has 0 aliphatic carbocycles. The summed E-state index contributed by atoms with van der Waals surface area (Å²) in [4.78, 5) is 11.5. The first kappa shape index (κ1) is 17.6. The van der Waals surface area contributed by atoms with Crippen LogP contribution in [0.15, 0.2) is 30.3 Å². The van der Waals surface area contributed by atoms with Crippen LogP contribution in [0.25, 0.3) is 0 Å². The lowest BCUT2D eigenvalue weighted by molar-refractivity contribution is -0.125. The molecule has 0 fully saturated rings. The van der Waals surface area contributed by atoms with Gasteiger partial charge in [0.2, 0.25) is 5.91 Å². The molecule has 0 aliphatic heterocycles. The summed E-state index contributed by atoms with van der Waals surface area (Å²) in [7, 11) is 0. The third-order valence-corrected chi connectivity index (χ3v) is 3.48. The molecule has 5 heteroatoms. The number of nitrogens with two attached hydrogens (primary N) is 2. The van der Waals surface area contributed by atoms with Crippen molar-refractivity contribution in [2.24, 2.45) is 17.4 Å². The van der Waals surface area contributed by atoms with Crippen molar-refractivity contribution in [3.05, 3.63) is 35.9 Å². The summed E-state index contributed by atoms with van der Waals surface area (Å²) >= 11 is 0. The van der Waals surface area contributed by atoms with Crippen LogP contribution in [0.5, 0.6) is 0 Å². The van der Waals surface area contributed by atoms with Crippen molar-refractivity contribution in [1.82, 2.24) is 0 Å². The van der Waals surface area contributed by atoms with Gasteiger partial charge in [-0.1, -0.05) is 30.3 Å². The number of hydrogen-bond donors (Lipinski definition) is 4. The smallest absolute Gasteiger partial charge is 0.220 e. The lowest BCUT2D eigenvalue weighted by Gasteiger charge is -2.27. The third kappa shape index (κ3) is 6.71. The van der Waals surface area contributed by atoms with Gasteiger partial charge in [-0.05, 0) is 38.7 Å². The van der Waals surface area contributed by atoms with Gasteiger partial charge in [-0.3, -0.25) is 4.79 Å². The molecule has 0 saturated heterocycles. The zero-order valence-electron chi connectivity index (χ0n) is 12.7. The molecule has 0 aromatic heterocycles. The minimum atomic E-state index is -1.01. The van der Waals surface area contributed by atoms with Crippen LogP contribution in [0.2, 0.25) is 0 Å². The Morgan fingerprint density at radius 1 is 1.29 bits per heavy atom. The lowest BCUT2D eigenvalue weighted by Crippen LogP contribution is -2.41. The van der Waals surface area contributed by atoms with Crippen molar-refractivity contribution >= 4 is 5.91 Å². The van der Waals surface area contributed by atoms with Crippen molar-refractivity contribution in [3.8, 4) is 0 Å². The maximum atomic E-state index is 11.5. The maximum absolute atomic E-state index is 11.5. The van der Waals surface area contributed by atoms with Gasteiger partial charge in [-0.15, -0.1) is 0 Å². The Hall–Kier alpha value is -1.43. The molecule has 1 amide bonds. The molecular weight excluding hydrogens is 268 g/mol. The van der Waals surface area contributed by atoms with Gasteiger partial charge in [0, 0.05) is 12.0 Å². The number of rotatable bonds is 8. The van der Waals surface area contributed by atoms with Gasteiger partial charge in [-0.2, -0.15) is 0 Å². The van der Waals surface area contributed by atoms with Crippen LogP contribution < -0.4 is 11.5 Å². The van der Waals surface area contributed by atoms with E-state index in [1.54, 1.807) is 13.8 Å². The van der Waals surface area contributed by atoms with Gasteiger partial charge in [0.25, 0.3) is 0 Å². The normalized spacial score (nSPS) is 16.2. The summed E-state index contributed by atoms with van der Waals surface area (Å²) in [5, 5.41) is 20.0. The number of aliphatic hydroxyl groups excluding tert-OH is 1. The van der Waals surface area contributed by atoms with E-state index in [9.17, 15) is 15.0 Å². The summed E-state index contributed by atoms with van der Waals surface area (Å²) in [6, 6.07) is 9.14. The van der Waals surface area contributed by atoms with Crippen LogP contribution in [0, 0.1) is 5.92 Å². The highest BCUT2D eigenvalue weighted by Gasteiger charge is 2.28. The van der Waals surface area contributed by atoms with Crippen molar-refractivity contribution in [1.29, 1.82) is 0 Å². The molecule has 118 valence electrons. The molecule has 1 aromatic rings. The third-order valence-electron chi connectivity index (χ3n) is 3.48. The average Bonchev–Trinajstić information content (AvgIpc) is 2.37. The molecule has 3 unspecified atom stereocenters. The van der Waals surface area contributed by atoms with Gasteiger partial charge >= 0.3 is 0 Å². The monoisotopic (exact) mass is 294 g/mol. The second-order valence-corrected chi connectivity index (χ2v) is 6.27. The van der Waals surface area contributed by atoms with Gasteiger partial charge < -0.3 is 21.7 Å². The summed E-state index contributed by atoms with van der Waals surface area (Å²) < 4.78 is 0. The van der Waals surface area contributed by atoms with Gasteiger partial charge in [0.05, 0.1) is 11.7 Å². The highest BCUT2D eigenvalue weighted by atomic mass is 16.3. The number of hydrogen-bond acceptors (Lipinski definition) is 4. The van der Waals surface area contributed by atoms with Crippen LogP contribution in [-0.2, 0) is 11.2 Å². The van der Waals surface area contributed by atoms with Crippen molar-refractivity contribution in [2.45, 2.75) is 50.9 Å². The molecule has 5 nitrogen and oxygen atoms in total. The number of primary amides is 1. The van der Waals surface area contributed by atoms with E-state index in [1.807, 2.05) is 30.3 Å². The Labute approximate surface area is 126 Å². The van der Waals surface area contributed by atoms with Crippen LogP contribution in [0.1, 0.15) is 32.3 Å². The quantitative estimate of drug-likeness (QED) is 0.562. The summed E-state index contributed by atoms with van der Waals surface area (Å²) in [6.07, 6.45) is 0.0471. The van der Waals surface area contributed by atoms with E-state index in [4.69, 9.17) is 11.5 Å². The molecule has 1 aromatic carbocycles. The fourth-order valence-electron chi connectivity index (χ4n) is 2.39. The molecule has 1 rings (SSSR count). The fourth-order valence-corrected chi connectivity index (χ4v) is 2.39. The van der Waals surface area contributed by atoms with Crippen molar-refractivity contribution in [3.63, 3.8) is 0 Å². The Bertz CT molecular complexity index is 443. The Morgan fingerprint density at radius 3 is 2.33 bits per heavy atom. The van der Waals surface area contributed by atoms with Crippen molar-refractivity contribution < 1.29 is 15.0 Å². The summed E-state index contributed by atoms with van der Waals surface area (Å²) in [5.41, 5.74) is 11.4. The van der Waals surface area contributed by atoms with E-state index < -0.39 is 29.6 Å². The highest BCUT2D eigenvalue weighted by Crippen LogP contribution is 2.21. The van der Waals surface area contributed by atoms with Crippen LogP contribution in [0.3, 0.4) is 0 Å². The second-order valence-electron chi connectivity index (χ2n) is 6.27. The first-order valence-electron chi connectivity index (χ1n) is 7.18. The zero-order valence-corrected chi connectivity index (χ0v) is 12.7. The molecule has 3 atom stereocenters. The fraction of sp³-hybridized carbons (Fsp3) is 0.562. The van der Waals surface area contributed by atoms with Crippen LogP contribution >= 0.6 is 0 Å². The van der Waals surface area contributed by atoms with Crippen LogP contribution in [0.4, 0.5) is 0 Å². The average molecular weight is 294 g/mol. The number of carbonyl (C=O) groups excluding carboxylic acids is 1. The maximum Gasteiger partial charge on any atom is 0.220 e. The largest absolute Gasteiger partial charge is 0.391 e. The Balaban J connectivity index is 2.60. The van der Waals surface area contributed by atoms with Crippen molar-refractivity contribution in [2.75, 3.05) is 0 Å². The molecule has 0 saturated carbocycles. The number of benzene rings is 1. The Morgan fingerprint density at radius 2 is 1.86 bits per heavy atom. The first-order chi connectivity index (χ1) is 9.69. The molecule has 0 bridgehead atoms. The van der Waals surface area contributed by atoms with E-state index in [2.05, 4.69) is 0 Å². The molecule has 6 N–H and O–H groups in total. The standard InChI is InChI=1S/C16H26N2O3/c1-16(2,21)10-12(15(18)20)9-14(19)13(17)8-11-6-4-3-5-7-11/h3-7,12-14,19,21H,8-10,17H2,1-2H3,(H2,18,20). The van der Waals surface area contributed by atoms with E-state index in [1.165, 1.54) is 0 Å². The van der Waals surface area contributed by atoms with Gasteiger partial charge in [0.1, 0.15) is 0 Å². The van der Waals surface area contributed by atoms with E-state index in [0.29, 0.717) is 6.42 Å². The van der Waals surface area contributed by atoms with E-state index in [0.717, 1.165) is 5.56 Å². The predicted molar refractivity (Wildman–Crippen MR) is 82.3 cm³/mol. The van der Waals surface area contributed by atoms with Gasteiger partial charge in [-0.25, -0.2) is 0 Å². The molecule has 0 radical (unpaired) electrons. The van der Waals surface area contributed by atoms with Gasteiger partial charge in [0.15, 0.2) is 0 Å². The number of amides is 1. The number of carbonyl (C=O) groups is 1. The summed E-state index contributed by atoms with van der Waals surface area (Å²) in [5.74, 6) is -1.12.